The maximum absolute atomic E-state index is 13.9. The third-order valence-electron chi connectivity index (χ3n) is 4.44. The quantitative estimate of drug-likeness (QED) is 0.795. The summed E-state index contributed by atoms with van der Waals surface area (Å²) >= 11 is 0. The molecule has 26 heavy (non-hydrogen) atoms. The van der Waals surface area contributed by atoms with Gasteiger partial charge in [-0.15, -0.1) is 0 Å². The van der Waals surface area contributed by atoms with Gasteiger partial charge in [-0.1, -0.05) is 30.3 Å². The lowest BCUT2D eigenvalue weighted by atomic mass is 10.2. The van der Waals surface area contributed by atoms with Gasteiger partial charge < -0.3 is 9.64 Å². The molecule has 2 heterocycles. The van der Waals surface area contributed by atoms with Crippen molar-refractivity contribution in [1.82, 2.24) is 19.8 Å². The molecule has 2 aromatic rings. The number of likely N-dealkylation sites (N-methyl/N-ethyl adjacent to an activating group) is 1. The summed E-state index contributed by atoms with van der Waals surface area (Å²) in [6, 6.07) is 11.2. The van der Waals surface area contributed by atoms with E-state index in [1.807, 2.05) is 35.2 Å². The fraction of sp³-hybridized carbons (Fsp3) is 0.421. The van der Waals surface area contributed by atoms with Crippen molar-refractivity contribution in [2.24, 2.45) is 0 Å². The van der Waals surface area contributed by atoms with Crippen molar-refractivity contribution in [3.63, 3.8) is 0 Å². The Morgan fingerprint density at radius 3 is 2.73 bits per heavy atom. The first kappa shape index (κ1) is 18.3. The fourth-order valence-corrected chi connectivity index (χ4v) is 3.12. The number of likely N-dealkylation sites (tertiary alicyclic amines) is 1. The molecule has 1 aromatic carbocycles. The molecule has 2 atom stereocenters. The Kier molecular flexibility index (Phi) is 6.12. The number of halogens is 1. The molecule has 0 spiro atoms. The number of hydrogen-bond donors (Lipinski definition) is 0. The molecule has 7 heteroatoms. The van der Waals surface area contributed by atoms with Crippen molar-refractivity contribution >= 4 is 6.09 Å². The molecule has 3 rings (SSSR count). The van der Waals surface area contributed by atoms with E-state index in [0.717, 1.165) is 5.56 Å². The van der Waals surface area contributed by atoms with Crippen molar-refractivity contribution in [3.8, 4) is 0 Å². The number of alkyl halides is 1. The van der Waals surface area contributed by atoms with Crippen LogP contribution in [0.25, 0.3) is 0 Å². The number of hydrogen-bond acceptors (Lipinski definition) is 5. The Hall–Kier alpha value is -2.54. The van der Waals surface area contributed by atoms with Crippen molar-refractivity contribution in [3.05, 3.63) is 60.2 Å². The number of rotatable bonds is 6. The fourth-order valence-electron chi connectivity index (χ4n) is 3.12. The second-order valence-electron chi connectivity index (χ2n) is 6.50. The van der Waals surface area contributed by atoms with Crippen LogP contribution in [0.1, 0.15) is 17.8 Å². The Bertz CT molecular complexity index is 701. The molecule has 1 fully saturated rings. The molecule has 0 aliphatic carbocycles. The van der Waals surface area contributed by atoms with Gasteiger partial charge in [-0.3, -0.25) is 4.90 Å². The Balaban J connectivity index is 1.52. The lowest BCUT2D eigenvalue weighted by Crippen LogP contribution is -2.41. The SMILES string of the molecule is CN(C[C@@H]1C[C@H](F)CN1Cc1ncccn1)C(=O)OCc1ccccc1. The summed E-state index contributed by atoms with van der Waals surface area (Å²) in [6.07, 6.45) is 2.42. The van der Waals surface area contributed by atoms with Gasteiger partial charge in [-0.25, -0.2) is 19.2 Å². The van der Waals surface area contributed by atoms with E-state index in [1.165, 1.54) is 4.90 Å². The first-order valence-electron chi connectivity index (χ1n) is 8.67. The maximum Gasteiger partial charge on any atom is 0.409 e. The molecule has 0 radical (unpaired) electrons. The van der Waals surface area contributed by atoms with Crippen LogP contribution in [0.3, 0.4) is 0 Å². The van der Waals surface area contributed by atoms with E-state index in [2.05, 4.69) is 9.97 Å². The number of benzene rings is 1. The van der Waals surface area contributed by atoms with Crippen molar-refractivity contribution in [2.75, 3.05) is 20.1 Å². The van der Waals surface area contributed by atoms with Crippen LogP contribution in [-0.2, 0) is 17.9 Å². The number of aromatic nitrogens is 2. The Labute approximate surface area is 152 Å². The van der Waals surface area contributed by atoms with Gasteiger partial charge in [-0.05, 0) is 18.1 Å². The highest BCUT2D eigenvalue weighted by molar-refractivity contribution is 5.67. The van der Waals surface area contributed by atoms with Crippen LogP contribution < -0.4 is 0 Å². The molecule has 0 N–H and O–H groups in total. The van der Waals surface area contributed by atoms with Gasteiger partial charge >= 0.3 is 6.09 Å². The number of carbonyl (C=O) groups excluding carboxylic acids is 1. The highest BCUT2D eigenvalue weighted by Crippen LogP contribution is 2.22. The van der Waals surface area contributed by atoms with E-state index < -0.39 is 12.3 Å². The van der Waals surface area contributed by atoms with Crippen LogP contribution in [0, 0.1) is 0 Å². The van der Waals surface area contributed by atoms with Crippen LogP contribution in [0.2, 0.25) is 0 Å². The minimum atomic E-state index is -0.905. The summed E-state index contributed by atoms with van der Waals surface area (Å²) in [6.45, 7) is 1.43. The Morgan fingerprint density at radius 1 is 1.27 bits per heavy atom. The summed E-state index contributed by atoms with van der Waals surface area (Å²) in [5, 5.41) is 0. The lowest BCUT2D eigenvalue weighted by Gasteiger charge is -2.27. The zero-order valence-electron chi connectivity index (χ0n) is 14.8. The average Bonchev–Trinajstić information content (AvgIpc) is 3.00. The molecule has 1 aromatic heterocycles. The maximum atomic E-state index is 13.9. The molecular formula is C19H23FN4O2. The van der Waals surface area contributed by atoms with Crippen molar-refractivity contribution < 1.29 is 13.9 Å². The van der Waals surface area contributed by atoms with Gasteiger partial charge in [-0.2, -0.15) is 0 Å². The van der Waals surface area contributed by atoms with Crippen LogP contribution in [-0.4, -0.2) is 58.2 Å². The van der Waals surface area contributed by atoms with Gasteiger partial charge in [0, 0.05) is 38.6 Å². The molecule has 138 valence electrons. The zero-order valence-corrected chi connectivity index (χ0v) is 14.8. The molecule has 1 amide bonds. The van der Waals surface area contributed by atoms with Gasteiger partial charge in [0.25, 0.3) is 0 Å². The molecule has 6 nitrogen and oxygen atoms in total. The van der Waals surface area contributed by atoms with Gasteiger partial charge in [0.1, 0.15) is 18.6 Å². The predicted octanol–water partition coefficient (Wildman–Crippen LogP) is 2.66. The summed E-state index contributed by atoms with van der Waals surface area (Å²) in [5.74, 6) is 0.654. The highest BCUT2D eigenvalue weighted by Gasteiger charge is 2.34. The topological polar surface area (TPSA) is 58.6 Å². The van der Waals surface area contributed by atoms with Crippen LogP contribution in [0.4, 0.5) is 9.18 Å². The number of carbonyl (C=O) groups is 1. The third kappa shape index (κ3) is 4.98. The summed E-state index contributed by atoms with van der Waals surface area (Å²) in [5.41, 5.74) is 0.932. The summed E-state index contributed by atoms with van der Waals surface area (Å²) < 4.78 is 19.3. The Morgan fingerprint density at radius 2 is 2.00 bits per heavy atom. The number of amides is 1. The van der Waals surface area contributed by atoms with Gasteiger partial charge in [0.15, 0.2) is 0 Å². The lowest BCUT2D eigenvalue weighted by molar-refractivity contribution is 0.0933. The van der Waals surface area contributed by atoms with Gasteiger partial charge in [0.2, 0.25) is 0 Å². The molecule has 1 aliphatic rings. The second kappa shape index (κ2) is 8.71. The molecular weight excluding hydrogens is 335 g/mol. The zero-order chi connectivity index (χ0) is 18.4. The normalized spacial score (nSPS) is 20.1. The number of nitrogens with zero attached hydrogens (tertiary/aromatic N) is 4. The van der Waals surface area contributed by atoms with E-state index in [4.69, 9.17) is 4.74 Å². The van der Waals surface area contributed by atoms with E-state index in [1.54, 1.807) is 25.5 Å². The smallest absolute Gasteiger partial charge is 0.409 e. The van der Waals surface area contributed by atoms with Crippen molar-refractivity contribution in [1.29, 1.82) is 0 Å². The van der Waals surface area contributed by atoms with E-state index in [9.17, 15) is 9.18 Å². The molecule has 0 saturated carbocycles. The standard InChI is InChI=1S/C19H23FN4O2/c1-23(19(25)26-14-15-6-3-2-4-7-15)12-17-10-16(20)11-24(17)13-18-21-8-5-9-22-18/h2-9,16-17H,10-14H2,1H3/t16-,17-/m0/s1. The molecule has 0 bridgehead atoms. The van der Waals surface area contributed by atoms with E-state index >= 15 is 0 Å². The average molecular weight is 358 g/mol. The number of ether oxygens (including phenoxy) is 1. The molecule has 1 saturated heterocycles. The molecule has 1 aliphatic heterocycles. The minimum Gasteiger partial charge on any atom is -0.445 e. The summed E-state index contributed by atoms with van der Waals surface area (Å²) in [4.78, 5) is 24.1. The first-order chi connectivity index (χ1) is 12.6. The largest absolute Gasteiger partial charge is 0.445 e. The first-order valence-corrected chi connectivity index (χ1v) is 8.67. The predicted molar refractivity (Wildman–Crippen MR) is 95.0 cm³/mol. The van der Waals surface area contributed by atoms with Crippen molar-refractivity contribution in [2.45, 2.75) is 31.8 Å². The second-order valence-corrected chi connectivity index (χ2v) is 6.50. The van der Waals surface area contributed by atoms with Gasteiger partial charge in [0.05, 0.1) is 6.54 Å². The van der Waals surface area contributed by atoms with Crippen LogP contribution in [0.15, 0.2) is 48.8 Å². The summed E-state index contributed by atoms with van der Waals surface area (Å²) in [7, 11) is 1.68. The molecule has 0 unspecified atom stereocenters. The van der Waals surface area contributed by atoms with Crippen LogP contribution >= 0.6 is 0 Å². The van der Waals surface area contributed by atoms with Crippen LogP contribution in [0.5, 0.6) is 0 Å². The highest BCUT2D eigenvalue weighted by atomic mass is 19.1. The monoisotopic (exact) mass is 358 g/mol. The van der Waals surface area contributed by atoms with E-state index in [-0.39, 0.29) is 12.6 Å². The minimum absolute atomic E-state index is 0.0805. The third-order valence-corrected chi connectivity index (χ3v) is 4.44. The van der Waals surface area contributed by atoms with E-state index in [0.29, 0.717) is 31.9 Å².